The smallest absolute Gasteiger partial charge is 0.243 e. The Bertz CT molecular complexity index is 1280. The lowest BCUT2D eigenvalue weighted by atomic mass is 10.1. The van der Waals surface area contributed by atoms with E-state index in [0.29, 0.717) is 30.2 Å². The van der Waals surface area contributed by atoms with E-state index in [0.717, 1.165) is 45.0 Å². The Kier molecular flexibility index (Phi) is 5.83. The maximum absolute atomic E-state index is 13.3. The van der Waals surface area contributed by atoms with Gasteiger partial charge in [-0.2, -0.15) is 8.68 Å². The summed E-state index contributed by atoms with van der Waals surface area (Å²) in [4.78, 5) is 5.07. The first-order valence-electron chi connectivity index (χ1n) is 11.8. The molecule has 3 aliphatic rings. The highest BCUT2D eigenvalue weighted by Gasteiger charge is 2.50. The van der Waals surface area contributed by atoms with E-state index < -0.39 is 15.8 Å². The molecular formula is C24H28N4O4S2. The van der Waals surface area contributed by atoms with E-state index in [9.17, 15) is 8.42 Å². The van der Waals surface area contributed by atoms with Crippen LogP contribution in [0.5, 0.6) is 0 Å². The molecule has 3 aliphatic heterocycles. The Morgan fingerprint density at radius 3 is 2.50 bits per heavy atom. The standard InChI is InChI=1S/C24H28N4O4S2/c29-34(30)22-9-4-2-7-20(22)24(31-16-17-32-24)18-28(34)11-5-10-26-12-14-27(15-13-26)23-19-6-1-3-8-21(19)33-25-23/h1-4,6-9H,5,10-18H2. The summed E-state index contributed by atoms with van der Waals surface area (Å²) < 4.78 is 46.0. The van der Waals surface area contributed by atoms with E-state index in [2.05, 4.69) is 38.4 Å². The van der Waals surface area contributed by atoms with Gasteiger partial charge in [0, 0.05) is 43.7 Å². The SMILES string of the molecule is O=S1(=O)c2ccccc2C2(CN1CCCN1CCN(c3nsc4ccccc34)CC1)OCCO2. The molecule has 0 radical (unpaired) electrons. The van der Waals surface area contributed by atoms with Crippen molar-refractivity contribution in [1.82, 2.24) is 13.6 Å². The second-order valence-corrected chi connectivity index (χ2v) is 11.7. The molecule has 2 aromatic carbocycles. The summed E-state index contributed by atoms with van der Waals surface area (Å²) in [7, 11) is -3.57. The first-order valence-corrected chi connectivity index (χ1v) is 14.0. The Morgan fingerprint density at radius 1 is 0.941 bits per heavy atom. The van der Waals surface area contributed by atoms with Gasteiger partial charge in [-0.05, 0) is 42.7 Å². The number of piperazine rings is 1. The Morgan fingerprint density at radius 2 is 1.68 bits per heavy atom. The van der Waals surface area contributed by atoms with Crippen LogP contribution in [0.2, 0.25) is 0 Å². The molecule has 0 bridgehead atoms. The highest BCUT2D eigenvalue weighted by Crippen LogP contribution is 2.42. The third-order valence-corrected chi connectivity index (χ3v) is 9.69. The molecular weight excluding hydrogens is 472 g/mol. The molecule has 3 aromatic rings. The van der Waals surface area contributed by atoms with Gasteiger partial charge in [0.2, 0.25) is 15.8 Å². The largest absolute Gasteiger partial charge is 0.353 e. The van der Waals surface area contributed by atoms with E-state index in [1.54, 1.807) is 29.7 Å². The van der Waals surface area contributed by atoms with E-state index in [-0.39, 0.29) is 6.54 Å². The summed E-state index contributed by atoms with van der Waals surface area (Å²) in [6.07, 6.45) is 0.761. The quantitative estimate of drug-likeness (QED) is 0.533. The van der Waals surface area contributed by atoms with Crippen molar-refractivity contribution in [2.24, 2.45) is 0 Å². The Hall–Kier alpha value is -2.08. The Balaban J connectivity index is 1.08. The summed E-state index contributed by atoms with van der Waals surface area (Å²) in [6, 6.07) is 15.4. The molecule has 2 fully saturated rings. The van der Waals surface area contributed by atoms with Crippen LogP contribution < -0.4 is 4.90 Å². The topological polar surface area (TPSA) is 75.2 Å². The van der Waals surface area contributed by atoms with Gasteiger partial charge >= 0.3 is 0 Å². The molecule has 2 saturated heterocycles. The van der Waals surface area contributed by atoms with Crippen LogP contribution in [-0.4, -0.2) is 81.0 Å². The minimum absolute atomic E-state index is 0.205. The number of aromatic nitrogens is 1. The van der Waals surface area contributed by atoms with Crippen LogP contribution in [0.1, 0.15) is 12.0 Å². The highest BCUT2D eigenvalue weighted by molar-refractivity contribution is 7.89. The van der Waals surface area contributed by atoms with Crippen LogP contribution in [0.4, 0.5) is 5.82 Å². The summed E-state index contributed by atoms with van der Waals surface area (Å²) in [6.45, 7) is 6.19. The minimum atomic E-state index is -3.57. The lowest BCUT2D eigenvalue weighted by molar-refractivity contribution is -0.176. The number of nitrogens with zero attached hydrogens (tertiary/aromatic N) is 4. The van der Waals surface area contributed by atoms with E-state index in [1.165, 1.54) is 14.4 Å². The van der Waals surface area contributed by atoms with Crippen LogP contribution >= 0.6 is 11.5 Å². The third kappa shape index (κ3) is 3.82. The number of hydrogen-bond donors (Lipinski definition) is 0. The zero-order valence-corrected chi connectivity index (χ0v) is 20.6. The fraction of sp³-hybridized carbons (Fsp3) is 0.458. The van der Waals surface area contributed by atoms with Gasteiger partial charge < -0.3 is 14.4 Å². The number of sulfonamides is 1. The number of fused-ring (bicyclic) bond motifs is 3. The summed E-state index contributed by atoms with van der Waals surface area (Å²) in [5, 5.41) is 1.22. The fourth-order valence-corrected chi connectivity index (χ4v) is 7.74. The monoisotopic (exact) mass is 500 g/mol. The van der Waals surface area contributed by atoms with Crippen LogP contribution in [-0.2, 0) is 25.3 Å². The van der Waals surface area contributed by atoms with E-state index in [1.807, 2.05) is 6.07 Å². The zero-order chi connectivity index (χ0) is 23.2. The normalized spacial score (nSPS) is 22.4. The minimum Gasteiger partial charge on any atom is -0.353 e. The maximum atomic E-state index is 13.3. The first-order chi connectivity index (χ1) is 16.6. The molecule has 1 spiro atoms. The average molecular weight is 501 g/mol. The van der Waals surface area contributed by atoms with Gasteiger partial charge in [0.05, 0.1) is 29.4 Å². The van der Waals surface area contributed by atoms with Gasteiger partial charge in [-0.3, -0.25) is 4.90 Å². The Labute approximate surface area is 203 Å². The predicted octanol–water partition coefficient (Wildman–Crippen LogP) is 2.71. The number of ether oxygens (including phenoxy) is 2. The highest BCUT2D eigenvalue weighted by atomic mass is 32.2. The van der Waals surface area contributed by atoms with Gasteiger partial charge in [-0.15, -0.1) is 0 Å². The molecule has 0 aliphatic carbocycles. The molecule has 0 amide bonds. The van der Waals surface area contributed by atoms with Gasteiger partial charge in [-0.1, -0.05) is 30.3 Å². The van der Waals surface area contributed by atoms with Gasteiger partial charge in [-0.25, -0.2) is 8.42 Å². The van der Waals surface area contributed by atoms with Gasteiger partial charge in [0.1, 0.15) is 5.82 Å². The van der Waals surface area contributed by atoms with E-state index in [4.69, 9.17) is 9.47 Å². The van der Waals surface area contributed by atoms with E-state index >= 15 is 0 Å². The van der Waals surface area contributed by atoms with Crippen molar-refractivity contribution < 1.29 is 17.9 Å². The van der Waals surface area contributed by atoms with Gasteiger partial charge in [0.15, 0.2) is 0 Å². The zero-order valence-electron chi connectivity index (χ0n) is 18.9. The van der Waals surface area contributed by atoms with Crippen LogP contribution in [0.15, 0.2) is 53.4 Å². The van der Waals surface area contributed by atoms with Crippen LogP contribution in [0.3, 0.4) is 0 Å². The molecule has 0 N–H and O–H groups in total. The predicted molar refractivity (Wildman–Crippen MR) is 132 cm³/mol. The van der Waals surface area contributed by atoms with Crippen molar-refractivity contribution in [2.75, 3.05) is 63.9 Å². The molecule has 0 saturated carbocycles. The molecule has 180 valence electrons. The summed E-state index contributed by atoms with van der Waals surface area (Å²) >= 11 is 1.55. The fourth-order valence-electron chi connectivity index (χ4n) is 5.20. The molecule has 4 heterocycles. The molecule has 0 unspecified atom stereocenters. The van der Waals surface area contributed by atoms with Crippen molar-refractivity contribution in [3.8, 4) is 0 Å². The summed E-state index contributed by atoms with van der Waals surface area (Å²) in [5.41, 5.74) is 0.620. The first kappa shape index (κ1) is 22.4. The lowest BCUT2D eigenvalue weighted by Crippen LogP contribution is -2.51. The van der Waals surface area contributed by atoms with Crippen molar-refractivity contribution in [3.05, 3.63) is 54.1 Å². The van der Waals surface area contributed by atoms with Crippen molar-refractivity contribution in [2.45, 2.75) is 17.1 Å². The lowest BCUT2D eigenvalue weighted by Gasteiger charge is -2.40. The summed E-state index contributed by atoms with van der Waals surface area (Å²) in [5.74, 6) is 0.101. The van der Waals surface area contributed by atoms with Crippen molar-refractivity contribution in [1.29, 1.82) is 0 Å². The molecule has 1 aromatic heterocycles. The molecule has 0 atom stereocenters. The second-order valence-electron chi connectivity index (χ2n) is 8.97. The molecule has 6 rings (SSSR count). The number of anilines is 1. The third-order valence-electron chi connectivity index (χ3n) is 6.97. The van der Waals surface area contributed by atoms with Crippen LogP contribution in [0.25, 0.3) is 10.1 Å². The number of benzene rings is 2. The maximum Gasteiger partial charge on any atom is 0.243 e. The van der Waals surface area contributed by atoms with Crippen LogP contribution in [0, 0.1) is 0 Å². The van der Waals surface area contributed by atoms with Crippen molar-refractivity contribution in [3.63, 3.8) is 0 Å². The molecule has 8 nitrogen and oxygen atoms in total. The second kappa shape index (κ2) is 8.85. The van der Waals surface area contributed by atoms with Gasteiger partial charge in [0.25, 0.3) is 0 Å². The number of rotatable bonds is 5. The molecule has 10 heteroatoms. The molecule has 34 heavy (non-hydrogen) atoms. The average Bonchev–Trinajstić information content (AvgIpc) is 3.51. The number of hydrogen-bond acceptors (Lipinski definition) is 8. The van der Waals surface area contributed by atoms with Crippen molar-refractivity contribution >= 4 is 37.5 Å².